The Labute approximate surface area is 195 Å². The van der Waals surface area contributed by atoms with E-state index < -0.39 is 11.2 Å². The van der Waals surface area contributed by atoms with E-state index in [9.17, 15) is 10.2 Å². The van der Waals surface area contributed by atoms with Gasteiger partial charge in [-0.2, -0.15) is 0 Å². The summed E-state index contributed by atoms with van der Waals surface area (Å²) in [7, 11) is 3.70. The van der Waals surface area contributed by atoms with Gasteiger partial charge in [-0.05, 0) is 74.5 Å². The minimum atomic E-state index is -0.805. The van der Waals surface area contributed by atoms with Gasteiger partial charge < -0.3 is 29.7 Å². The van der Waals surface area contributed by atoms with E-state index >= 15 is 0 Å². The molecule has 4 rings (SSSR count). The summed E-state index contributed by atoms with van der Waals surface area (Å²) < 4.78 is 10.6. The zero-order valence-electron chi connectivity index (χ0n) is 20.0. The van der Waals surface area contributed by atoms with Crippen LogP contribution in [0.4, 0.5) is 0 Å². The smallest absolute Gasteiger partial charge is 0.133 e. The van der Waals surface area contributed by atoms with Crippen LogP contribution in [0.25, 0.3) is 21.9 Å². The normalized spacial score (nSPS) is 15.1. The molecule has 4 N–H and O–H groups in total. The molecule has 2 unspecified atom stereocenters. The van der Waals surface area contributed by atoms with E-state index in [1.807, 2.05) is 69.6 Å². The summed E-state index contributed by atoms with van der Waals surface area (Å²) in [6, 6.07) is 15.5. The molecule has 0 aliphatic carbocycles. The summed E-state index contributed by atoms with van der Waals surface area (Å²) in [5, 5.41) is 29.3. The van der Waals surface area contributed by atoms with E-state index in [1.54, 1.807) is 12.5 Å². The van der Waals surface area contributed by atoms with Crippen LogP contribution in [0.5, 0.6) is 0 Å². The monoisotopic (exact) mass is 452 g/mol. The van der Waals surface area contributed by atoms with Crippen molar-refractivity contribution in [2.75, 3.05) is 27.2 Å². The second-order valence-corrected chi connectivity index (χ2v) is 8.57. The van der Waals surface area contributed by atoms with E-state index in [0.717, 1.165) is 45.9 Å². The first-order valence-corrected chi connectivity index (χ1v) is 11.6. The largest absolute Gasteiger partial charge is 0.464 e. The Morgan fingerprint density at radius 3 is 1.67 bits per heavy atom. The molecular formula is C27H36N2O4. The first-order valence-electron chi connectivity index (χ1n) is 11.6. The molecule has 2 aromatic carbocycles. The van der Waals surface area contributed by atoms with E-state index in [4.69, 9.17) is 8.83 Å². The Bertz CT molecular complexity index is 1140. The van der Waals surface area contributed by atoms with Crippen LogP contribution in [0.1, 0.15) is 44.2 Å². The van der Waals surface area contributed by atoms with E-state index in [2.05, 4.69) is 17.6 Å². The van der Waals surface area contributed by atoms with Crippen molar-refractivity contribution in [3.63, 3.8) is 0 Å². The van der Waals surface area contributed by atoms with Crippen molar-refractivity contribution in [3.8, 4) is 0 Å². The highest BCUT2D eigenvalue weighted by Gasteiger charge is 2.28. The van der Waals surface area contributed by atoms with Crippen LogP contribution in [0.15, 0.2) is 69.9 Å². The molecule has 178 valence electrons. The fraction of sp³-hybridized carbons (Fsp3) is 0.407. The van der Waals surface area contributed by atoms with Crippen LogP contribution in [0.2, 0.25) is 0 Å². The summed E-state index contributed by atoms with van der Waals surface area (Å²) >= 11 is 0. The Morgan fingerprint density at radius 1 is 0.727 bits per heavy atom. The van der Waals surface area contributed by atoms with Crippen molar-refractivity contribution >= 4 is 21.9 Å². The van der Waals surface area contributed by atoms with Crippen LogP contribution in [0, 0.1) is 0 Å². The van der Waals surface area contributed by atoms with Gasteiger partial charge >= 0.3 is 0 Å². The van der Waals surface area contributed by atoms with Gasteiger partial charge in [0.1, 0.15) is 22.4 Å². The van der Waals surface area contributed by atoms with Crippen molar-refractivity contribution < 1.29 is 19.0 Å². The topological polar surface area (TPSA) is 90.8 Å². The molecular weight excluding hydrogens is 416 g/mol. The Balaban J connectivity index is 0.000000186. The van der Waals surface area contributed by atoms with Gasteiger partial charge in [-0.15, -0.1) is 0 Å². The average Bonchev–Trinajstić information content (AvgIpc) is 3.48. The molecule has 2 heterocycles. The maximum atomic E-state index is 10.7. The molecule has 0 aliphatic rings. The number of hydrogen-bond donors (Lipinski definition) is 4. The Kier molecular flexibility index (Phi) is 8.32. The highest BCUT2D eigenvalue weighted by molar-refractivity contribution is 5.78. The summed E-state index contributed by atoms with van der Waals surface area (Å²) in [6.45, 7) is 5.17. The maximum absolute atomic E-state index is 10.7. The minimum absolute atomic E-state index is 0.548. The fourth-order valence-electron chi connectivity index (χ4n) is 4.28. The van der Waals surface area contributed by atoms with E-state index in [1.165, 1.54) is 0 Å². The van der Waals surface area contributed by atoms with Crippen molar-refractivity contribution in [3.05, 3.63) is 72.2 Å². The summed E-state index contributed by atoms with van der Waals surface area (Å²) in [6.07, 6.45) is 5.71. The molecule has 0 saturated heterocycles. The van der Waals surface area contributed by atoms with Gasteiger partial charge in [0.2, 0.25) is 0 Å². The van der Waals surface area contributed by atoms with Crippen LogP contribution in [-0.4, -0.2) is 37.4 Å². The zero-order chi connectivity index (χ0) is 23.9. The second kappa shape index (κ2) is 11.0. The maximum Gasteiger partial charge on any atom is 0.133 e. The molecule has 6 nitrogen and oxygen atoms in total. The van der Waals surface area contributed by atoms with Crippen molar-refractivity contribution in [2.45, 2.75) is 44.3 Å². The van der Waals surface area contributed by atoms with Gasteiger partial charge in [0, 0.05) is 23.9 Å². The number of hydrogen-bond acceptors (Lipinski definition) is 6. The number of aliphatic hydroxyl groups is 2. The van der Waals surface area contributed by atoms with Gasteiger partial charge in [-0.25, -0.2) is 0 Å². The van der Waals surface area contributed by atoms with Crippen molar-refractivity contribution in [1.82, 2.24) is 10.6 Å². The predicted octanol–water partition coefficient (Wildman–Crippen LogP) is 4.89. The molecule has 4 aromatic rings. The Hall–Kier alpha value is -2.64. The first-order chi connectivity index (χ1) is 15.9. The molecule has 0 amide bonds. The number of nitrogens with one attached hydrogen (secondary N) is 2. The molecule has 2 aromatic heterocycles. The quantitative estimate of drug-likeness (QED) is 0.289. The van der Waals surface area contributed by atoms with Crippen LogP contribution < -0.4 is 10.6 Å². The average molecular weight is 453 g/mol. The lowest BCUT2D eigenvalue weighted by Gasteiger charge is -2.28. The molecule has 0 saturated carbocycles. The molecule has 0 aliphatic heterocycles. The summed E-state index contributed by atoms with van der Waals surface area (Å²) in [5.41, 5.74) is 1.99. The lowest BCUT2D eigenvalue weighted by atomic mass is 9.88. The third-order valence-electron chi connectivity index (χ3n) is 6.17. The zero-order valence-corrected chi connectivity index (χ0v) is 20.0. The molecule has 0 radical (unpaired) electrons. The molecule has 33 heavy (non-hydrogen) atoms. The summed E-state index contributed by atoms with van der Waals surface area (Å²) in [5.74, 6) is 0. The van der Waals surface area contributed by atoms with Gasteiger partial charge in [0.05, 0.1) is 12.5 Å². The van der Waals surface area contributed by atoms with E-state index in [-0.39, 0.29) is 0 Å². The number of benzene rings is 2. The lowest BCUT2D eigenvalue weighted by molar-refractivity contribution is 0.0290. The number of fused-ring (bicyclic) bond motifs is 2. The van der Waals surface area contributed by atoms with Crippen molar-refractivity contribution in [2.24, 2.45) is 0 Å². The molecule has 0 bridgehead atoms. The lowest BCUT2D eigenvalue weighted by Crippen LogP contribution is -2.36. The van der Waals surface area contributed by atoms with Gasteiger partial charge in [0.25, 0.3) is 0 Å². The minimum Gasteiger partial charge on any atom is -0.464 e. The van der Waals surface area contributed by atoms with E-state index in [0.29, 0.717) is 19.5 Å². The van der Waals surface area contributed by atoms with Crippen LogP contribution in [-0.2, 0) is 11.2 Å². The molecule has 0 fully saturated rings. The third-order valence-corrected chi connectivity index (χ3v) is 6.17. The SMILES string of the molecule is CCC(O)(CNC)c1ccc2occc2c1.CCCC(O)(CNC)c1ccc2occc2c1. The Morgan fingerprint density at radius 2 is 1.21 bits per heavy atom. The first kappa shape index (κ1) is 25.0. The molecule has 2 atom stereocenters. The second-order valence-electron chi connectivity index (χ2n) is 8.57. The highest BCUT2D eigenvalue weighted by Crippen LogP contribution is 2.29. The molecule has 6 heteroatoms. The summed E-state index contributed by atoms with van der Waals surface area (Å²) in [4.78, 5) is 0. The van der Waals surface area contributed by atoms with Gasteiger partial charge in [-0.1, -0.05) is 32.4 Å². The van der Waals surface area contributed by atoms with Gasteiger partial charge in [0.15, 0.2) is 0 Å². The fourth-order valence-corrected chi connectivity index (χ4v) is 4.28. The van der Waals surface area contributed by atoms with Crippen molar-refractivity contribution in [1.29, 1.82) is 0 Å². The standard InChI is InChI=1S/C14H19NO2.C13H17NO2/c1-3-7-14(16,10-15-2)12-4-5-13-11(9-12)6-8-17-13;1-3-13(15,9-14-2)11-4-5-12-10(8-11)6-7-16-12/h4-6,8-9,15-16H,3,7,10H2,1-2H3;4-8,14-15H,3,9H2,1-2H3. The van der Waals surface area contributed by atoms with Crippen LogP contribution in [0.3, 0.4) is 0 Å². The highest BCUT2D eigenvalue weighted by atomic mass is 16.3. The van der Waals surface area contributed by atoms with Crippen LogP contribution >= 0.6 is 0 Å². The number of furan rings is 2. The predicted molar refractivity (Wildman–Crippen MR) is 133 cm³/mol. The molecule has 0 spiro atoms. The third kappa shape index (κ3) is 5.65. The number of rotatable bonds is 9. The number of likely N-dealkylation sites (N-methyl/N-ethyl adjacent to an activating group) is 2. The van der Waals surface area contributed by atoms with Gasteiger partial charge in [-0.3, -0.25) is 0 Å².